The number of nitrogens with one attached hydrogen (secondary N) is 2. The highest BCUT2D eigenvalue weighted by molar-refractivity contribution is 5.50. The maximum Gasteiger partial charge on any atom is 0.248 e. The molecule has 1 aliphatic carbocycles. The van der Waals surface area contributed by atoms with Gasteiger partial charge >= 0.3 is 0 Å². The Morgan fingerprint density at radius 3 is 3.06 bits per heavy atom. The molecule has 0 radical (unpaired) electrons. The Hall–Kier alpha value is -1.88. The molecule has 0 saturated carbocycles. The lowest BCUT2D eigenvalue weighted by atomic mass is 9.97. The lowest BCUT2D eigenvalue weighted by Crippen LogP contribution is -2.27. The van der Waals surface area contributed by atoms with Gasteiger partial charge in [-0.1, -0.05) is 6.07 Å². The van der Waals surface area contributed by atoms with Gasteiger partial charge in [0.2, 0.25) is 5.56 Å². The van der Waals surface area contributed by atoms with Gasteiger partial charge in [0.25, 0.3) is 0 Å². The highest BCUT2D eigenvalue weighted by Gasteiger charge is 2.19. The molecule has 1 aliphatic rings. The number of aromatic nitrogens is 3. The summed E-state index contributed by atoms with van der Waals surface area (Å²) in [5, 5.41) is 0. The molecule has 1 atom stereocenters. The largest absolute Gasteiger partial charge is 0.340 e. The van der Waals surface area contributed by atoms with Crippen LogP contribution in [0.25, 0.3) is 11.5 Å². The number of hydrogen-bond donors (Lipinski definition) is 3. The molecule has 5 nitrogen and oxygen atoms in total. The predicted octanol–water partition coefficient (Wildman–Crippen LogP) is 0.581. The fourth-order valence-electron chi connectivity index (χ4n) is 2.22. The molecule has 0 spiro atoms. The zero-order valence-electron chi connectivity index (χ0n) is 9.36. The molecule has 0 bridgehead atoms. The van der Waals surface area contributed by atoms with Crippen molar-refractivity contribution < 1.29 is 0 Å². The van der Waals surface area contributed by atoms with Crippen LogP contribution in [0, 0.1) is 0 Å². The second-order valence-electron chi connectivity index (χ2n) is 4.44. The first kappa shape index (κ1) is 10.3. The molecule has 2 aromatic heterocycles. The molecule has 0 fully saturated rings. The second kappa shape index (κ2) is 3.85. The van der Waals surface area contributed by atoms with E-state index in [1.165, 1.54) is 6.07 Å². The van der Waals surface area contributed by atoms with Crippen molar-refractivity contribution in [1.82, 2.24) is 15.0 Å². The predicted molar refractivity (Wildman–Crippen MR) is 64.6 cm³/mol. The van der Waals surface area contributed by atoms with Crippen LogP contribution in [0.4, 0.5) is 0 Å². The first-order chi connectivity index (χ1) is 8.22. The number of hydrogen-bond acceptors (Lipinski definition) is 3. The van der Waals surface area contributed by atoms with Crippen molar-refractivity contribution in [2.24, 2.45) is 5.73 Å². The van der Waals surface area contributed by atoms with E-state index in [2.05, 4.69) is 15.0 Å². The zero-order chi connectivity index (χ0) is 11.8. The fourth-order valence-corrected chi connectivity index (χ4v) is 2.22. The smallest absolute Gasteiger partial charge is 0.248 e. The monoisotopic (exact) mass is 230 g/mol. The average molecular weight is 230 g/mol. The fraction of sp³-hybridized carbons (Fsp3) is 0.333. The minimum absolute atomic E-state index is 0.117. The molecule has 5 heteroatoms. The number of nitrogens with two attached hydrogens (primary N) is 1. The molecule has 0 amide bonds. The Balaban J connectivity index is 2.03. The number of fused-ring (bicyclic) bond motifs is 1. The zero-order valence-corrected chi connectivity index (χ0v) is 9.36. The Morgan fingerprint density at radius 1 is 1.35 bits per heavy atom. The van der Waals surface area contributed by atoms with Crippen molar-refractivity contribution in [1.29, 1.82) is 0 Å². The highest BCUT2D eigenvalue weighted by Crippen LogP contribution is 2.21. The van der Waals surface area contributed by atoms with Crippen LogP contribution in [0.15, 0.2) is 23.0 Å². The SMILES string of the molecule is NC1CCc2nc(-c3cccc(=O)[nH]3)[nH]c2C1. The summed E-state index contributed by atoms with van der Waals surface area (Å²) in [7, 11) is 0. The van der Waals surface area contributed by atoms with Gasteiger partial charge in [0.05, 0.1) is 11.4 Å². The van der Waals surface area contributed by atoms with Crippen LogP contribution in [0.1, 0.15) is 17.8 Å². The minimum Gasteiger partial charge on any atom is -0.340 e. The van der Waals surface area contributed by atoms with E-state index in [4.69, 9.17) is 5.73 Å². The van der Waals surface area contributed by atoms with E-state index in [9.17, 15) is 4.79 Å². The summed E-state index contributed by atoms with van der Waals surface area (Å²) in [4.78, 5) is 21.8. The van der Waals surface area contributed by atoms with E-state index < -0.39 is 0 Å². The van der Waals surface area contributed by atoms with Gasteiger partial charge < -0.3 is 15.7 Å². The Kier molecular flexibility index (Phi) is 2.33. The van der Waals surface area contributed by atoms with Gasteiger partial charge in [0.15, 0.2) is 5.82 Å². The Morgan fingerprint density at radius 2 is 2.24 bits per heavy atom. The number of pyridine rings is 1. The molecule has 88 valence electrons. The molecular weight excluding hydrogens is 216 g/mol. The van der Waals surface area contributed by atoms with Gasteiger partial charge in [-0.3, -0.25) is 4.79 Å². The molecule has 3 rings (SSSR count). The van der Waals surface area contributed by atoms with Crippen LogP contribution in [-0.2, 0) is 12.8 Å². The Bertz CT molecular complexity index is 599. The molecule has 1 unspecified atom stereocenters. The number of aryl methyl sites for hydroxylation is 1. The van der Waals surface area contributed by atoms with Gasteiger partial charge in [-0.15, -0.1) is 0 Å². The summed E-state index contributed by atoms with van der Waals surface area (Å²) in [6.07, 6.45) is 2.71. The van der Waals surface area contributed by atoms with Crippen LogP contribution < -0.4 is 11.3 Å². The van der Waals surface area contributed by atoms with Crippen molar-refractivity contribution in [2.45, 2.75) is 25.3 Å². The third kappa shape index (κ3) is 1.89. The number of rotatable bonds is 1. The average Bonchev–Trinajstić information content (AvgIpc) is 2.72. The number of H-pyrrole nitrogens is 2. The Labute approximate surface area is 98.1 Å². The number of imidazole rings is 1. The van der Waals surface area contributed by atoms with E-state index in [1.807, 2.05) is 6.07 Å². The van der Waals surface area contributed by atoms with Gasteiger partial charge in [0.1, 0.15) is 0 Å². The standard InChI is InChI=1S/C12H14N4O/c13-7-4-5-8-10(6-7)16-12(15-8)9-2-1-3-11(17)14-9/h1-3,7H,4-6,13H2,(H,14,17)(H,15,16). The normalized spacial score (nSPS) is 19.0. The van der Waals surface area contributed by atoms with Crippen molar-refractivity contribution in [3.8, 4) is 11.5 Å². The third-order valence-corrected chi connectivity index (χ3v) is 3.11. The lowest BCUT2D eigenvalue weighted by Gasteiger charge is -2.15. The summed E-state index contributed by atoms with van der Waals surface area (Å²) in [6.45, 7) is 0. The molecule has 0 saturated heterocycles. The number of nitrogens with zero attached hydrogens (tertiary/aromatic N) is 1. The van der Waals surface area contributed by atoms with Crippen LogP contribution >= 0.6 is 0 Å². The van der Waals surface area contributed by atoms with Crippen molar-refractivity contribution in [3.63, 3.8) is 0 Å². The van der Waals surface area contributed by atoms with E-state index in [0.717, 1.165) is 42.2 Å². The first-order valence-electron chi connectivity index (χ1n) is 5.75. The van der Waals surface area contributed by atoms with Crippen molar-refractivity contribution >= 4 is 0 Å². The van der Waals surface area contributed by atoms with Crippen LogP contribution in [0.5, 0.6) is 0 Å². The number of aromatic amines is 2. The summed E-state index contributed by atoms with van der Waals surface area (Å²) in [5.74, 6) is 0.724. The lowest BCUT2D eigenvalue weighted by molar-refractivity contribution is 0.565. The first-order valence-corrected chi connectivity index (χ1v) is 5.75. The third-order valence-electron chi connectivity index (χ3n) is 3.11. The van der Waals surface area contributed by atoms with Gasteiger partial charge in [0, 0.05) is 24.2 Å². The highest BCUT2D eigenvalue weighted by atomic mass is 16.1. The van der Waals surface area contributed by atoms with Crippen LogP contribution in [-0.4, -0.2) is 21.0 Å². The molecular formula is C12H14N4O. The summed E-state index contributed by atoms with van der Waals surface area (Å²) in [6, 6.07) is 5.26. The molecule has 17 heavy (non-hydrogen) atoms. The minimum atomic E-state index is -0.117. The molecule has 2 aromatic rings. The van der Waals surface area contributed by atoms with Crippen LogP contribution in [0.2, 0.25) is 0 Å². The maximum atomic E-state index is 11.2. The quantitative estimate of drug-likeness (QED) is 0.669. The molecule has 0 aromatic carbocycles. The van der Waals surface area contributed by atoms with Gasteiger partial charge in [-0.25, -0.2) is 4.98 Å². The summed E-state index contributed by atoms with van der Waals surface area (Å²) >= 11 is 0. The van der Waals surface area contributed by atoms with Crippen molar-refractivity contribution in [3.05, 3.63) is 39.9 Å². The van der Waals surface area contributed by atoms with Gasteiger partial charge in [-0.05, 0) is 18.9 Å². The van der Waals surface area contributed by atoms with Crippen molar-refractivity contribution in [2.75, 3.05) is 0 Å². The maximum absolute atomic E-state index is 11.2. The van der Waals surface area contributed by atoms with E-state index in [0.29, 0.717) is 0 Å². The van der Waals surface area contributed by atoms with Gasteiger partial charge in [-0.2, -0.15) is 0 Å². The molecule has 4 N–H and O–H groups in total. The second-order valence-corrected chi connectivity index (χ2v) is 4.44. The van der Waals surface area contributed by atoms with E-state index in [-0.39, 0.29) is 11.6 Å². The van der Waals surface area contributed by atoms with E-state index >= 15 is 0 Å². The summed E-state index contributed by atoms with van der Waals surface area (Å²) in [5.41, 5.74) is 8.70. The topological polar surface area (TPSA) is 87.6 Å². The summed E-state index contributed by atoms with van der Waals surface area (Å²) < 4.78 is 0. The molecule has 0 aliphatic heterocycles. The van der Waals surface area contributed by atoms with Crippen LogP contribution in [0.3, 0.4) is 0 Å². The molecule has 2 heterocycles. The van der Waals surface area contributed by atoms with E-state index in [1.54, 1.807) is 6.07 Å².